The maximum absolute atomic E-state index is 8.00. The van der Waals surface area contributed by atoms with E-state index >= 15 is 0 Å². The lowest BCUT2D eigenvalue weighted by molar-refractivity contribution is -0.0979. The van der Waals surface area contributed by atoms with Crippen LogP contribution in [0.2, 0.25) is 0 Å². The van der Waals surface area contributed by atoms with Gasteiger partial charge in [0.05, 0.1) is 0 Å². The summed E-state index contributed by atoms with van der Waals surface area (Å²) < 4.78 is 0. The summed E-state index contributed by atoms with van der Waals surface area (Å²) in [6.45, 7) is 19.6. The van der Waals surface area contributed by atoms with Crippen LogP contribution in [0.1, 0.15) is 66.5 Å². The van der Waals surface area contributed by atoms with E-state index in [2.05, 4.69) is 106 Å². The molecule has 0 radical (unpaired) electrons. The molecule has 28 heavy (non-hydrogen) atoms. The molecule has 3 aromatic rings. The zero-order valence-electron chi connectivity index (χ0n) is 19.1. The quantitative estimate of drug-likeness (QED) is 0.251. The second-order valence-corrected chi connectivity index (χ2v) is 8.48. The highest BCUT2D eigenvalue weighted by Crippen LogP contribution is 2.31. The number of carbonyl (C=O) groups excluding carboxylic acids is 1. The van der Waals surface area contributed by atoms with Crippen molar-refractivity contribution in [1.29, 1.82) is 0 Å². The third-order valence-corrected chi connectivity index (χ3v) is 4.53. The first-order chi connectivity index (χ1) is 13.1. The van der Waals surface area contributed by atoms with E-state index < -0.39 is 0 Å². The van der Waals surface area contributed by atoms with Crippen LogP contribution in [-0.2, 0) is 15.6 Å². The van der Waals surface area contributed by atoms with Crippen LogP contribution in [0.5, 0.6) is 0 Å². The van der Waals surface area contributed by atoms with E-state index in [-0.39, 0.29) is 10.8 Å². The zero-order chi connectivity index (χ0) is 22.1. The third-order valence-electron chi connectivity index (χ3n) is 4.53. The Labute approximate surface area is 180 Å². The van der Waals surface area contributed by atoms with Crippen molar-refractivity contribution in [2.75, 3.05) is 5.83 Å². The van der Waals surface area contributed by atoms with Crippen LogP contribution in [0.4, 0.5) is 0 Å². The number of carbonyl (C=O) groups is 1. The second-order valence-electron chi connectivity index (χ2n) is 8.48. The molecule has 3 aromatic carbocycles. The fourth-order valence-electron chi connectivity index (χ4n) is 2.93. The Morgan fingerprint density at radius 3 is 1.14 bits per heavy atom. The minimum atomic E-state index is 0.191. The van der Waals surface area contributed by atoms with Crippen LogP contribution in [0.25, 0.3) is 21.5 Å². The van der Waals surface area contributed by atoms with Gasteiger partial charge in [0.2, 0.25) is 0 Å². The highest BCUT2D eigenvalue weighted by Gasteiger charge is 2.15. The summed E-state index contributed by atoms with van der Waals surface area (Å²) >= 11 is 2.94. The molecule has 3 rings (SSSR count). The average Bonchev–Trinajstić information content (AvgIpc) is 2.68. The number of fused-ring (bicyclic) bond motifs is 2. The van der Waals surface area contributed by atoms with Crippen LogP contribution in [-0.4, -0.2) is 12.6 Å². The smallest absolute Gasteiger partial charge is 0.106 e. The molecule has 0 heterocycles. The van der Waals surface area contributed by atoms with Crippen molar-refractivity contribution < 1.29 is 4.79 Å². The van der Waals surface area contributed by atoms with Crippen molar-refractivity contribution in [3.05, 3.63) is 59.7 Å². The topological polar surface area (TPSA) is 17.1 Å². The number of halogens is 1. The Balaban J connectivity index is 0.00000111. The van der Waals surface area contributed by atoms with Crippen LogP contribution in [0.3, 0.4) is 0 Å². The molecule has 0 aliphatic rings. The van der Waals surface area contributed by atoms with E-state index in [4.69, 9.17) is 4.79 Å². The lowest BCUT2D eigenvalue weighted by atomic mass is 9.84. The maximum Gasteiger partial charge on any atom is 0.106 e. The van der Waals surface area contributed by atoms with E-state index in [0.29, 0.717) is 0 Å². The summed E-state index contributed by atoms with van der Waals surface area (Å²) in [5.41, 5.74) is 3.17. The molecule has 0 atom stereocenters. The summed E-state index contributed by atoms with van der Waals surface area (Å²) in [7, 11) is 0. The van der Waals surface area contributed by atoms with Gasteiger partial charge in [0.15, 0.2) is 0 Å². The van der Waals surface area contributed by atoms with E-state index in [9.17, 15) is 0 Å². The van der Waals surface area contributed by atoms with E-state index in [1.165, 1.54) is 32.7 Å². The SMILES string of the molecule is C=O.CBr.CC.CC(C)(C)c1ccc2cc3ccc(C(C)(C)C)cc3cc2c1. The summed E-state index contributed by atoms with van der Waals surface area (Å²) in [6.07, 6.45) is 0. The molecule has 0 aliphatic heterocycles. The molecule has 1 nitrogen and oxygen atoms in total. The molecule has 0 N–H and O–H groups in total. The standard InChI is InChI=1S/C22H26.C2H6.CH3Br.CH2O/c1-21(2,3)19-9-7-15-11-16-8-10-20(22(4,5)6)14-18(16)12-17(15)13-19;3*1-2/h7-14H,1-6H3;1-2H3;1H3;1H2. The van der Waals surface area contributed by atoms with E-state index in [1.54, 1.807) is 0 Å². The molecular weight excluding hydrogens is 408 g/mol. The van der Waals surface area contributed by atoms with Gasteiger partial charge in [-0.05, 0) is 61.5 Å². The van der Waals surface area contributed by atoms with Gasteiger partial charge in [0.1, 0.15) is 6.79 Å². The molecule has 0 aliphatic carbocycles. The maximum atomic E-state index is 8.00. The summed E-state index contributed by atoms with van der Waals surface area (Å²) in [5.74, 6) is 1.81. The first-order valence-corrected chi connectivity index (χ1v) is 11.4. The van der Waals surface area contributed by atoms with Crippen molar-refractivity contribution in [1.82, 2.24) is 0 Å². The summed E-state index contributed by atoms with van der Waals surface area (Å²) in [4.78, 5) is 8.00. The Morgan fingerprint density at radius 1 is 0.571 bits per heavy atom. The number of hydrogen-bond acceptors (Lipinski definition) is 1. The Morgan fingerprint density at radius 2 is 0.857 bits per heavy atom. The van der Waals surface area contributed by atoms with Gasteiger partial charge in [0.25, 0.3) is 0 Å². The highest BCUT2D eigenvalue weighted by atomic mass is 79.9. The molecule has 0 amide bonds. The number of benzene rings is 3. The van der Waals surface area contributed by atoms with Crippen LogP contribution < -0.4 is 0 Å². The molecule has 0 saturated heterocycles. The minimum absolute atomic E-state index is 0.191. The summed E-state index contributed by atoms with van der Waals surface area (Å²) in [5, 5.41) is 5.32. The molecular formula is C26H37BrO. The number of hydrogen-bond donors (Lipinski definition) is 0. The minimum Gasteiger partial charge on any atom is -0.307 e. The fraction of sp³-hybridized carbons (Fsp3) is 0.423. The highest BCUT2D eigenvalue weighted by molar-refractivity contribution is 9.08. The fourth-order valence-corrected chi connectivity index (χ4v) is 2.93. The molecule has 0 spiro atoms. The van der Waals surface area contributed by atoms with Gasteiger partial charge in [-0.2, -0.15) is 0 Å². The van der Waals surface area contributed by atoms with Crippen molar-refractivity contribution in [3.8, 4) is 0 Å². The van der Waals surface area contributed by atoms with Gasteiger partial charge in [-0.15, -0.1) is 0 Å². The lowest BCUT2D eigenvalue weighted by Crippen LogP contribution is -2.11. The van der Waals surface area contributed by atoms with Crippen molar-refractivity contribution in [2.24, 2.45) is 0 Å². The number of alkyl halides is 1. The van der Waals surface area contributed by atoms with Crippen LogP contribution in [0.15, 0.2) is 48.5 Å². The van der Waals surface area contributed by atoms with E-state index in [1.807, 2.05) is 26.5 Å². The molecule has 0 bridgehead atoms. The van der Waals surface area contributed by atoms with Crippen molar-refractivity contribution in [2.45, 2.75) is 66.2 Å². The molecule has 154 valence electrons. The Bertz CT molecular complexity index is 798. The van der Waals surface area contributed by atoms with Gasteiger partial charge in [-0.25, -0.2) is 0 Å². The predicted octanol–water partition coefficient (Wildman–Crippen LogP) is 8.44. The monoisotopic (exact) mass is 444 g/mol. The van der Waals surface area contributed by atoms with Crippen LogP contribution in [0, 0.1) is 0 Å². The van der Waals surface area contributed by atoms with Crippen LogP contribution >= 0.6 is 15.9 Å². The van der Waals surface area contributed by atoms with Gasteiger partial charge < -0.3 is 4.79 Å². The van der Waals surface area contributed by atoms with Gasteiger partial charge in [-0.3, -0.25) is 0 Å². The first kappa shape index (κ1) is 26.3. The van der Waals surface area contributed by atoms with Crippen molar-refractivity contribution >= 4 is 44.3 Å². The van der Waals surface area contributed by atoms with Gasteiger partial charge >= 0.3 is 0 Å². The Hall–Kier alpha value is -1.67. The molecule has 0 saturated carbocycles. The van der Waals surface area contributed by atoms with Crippen molar-refractivity contribution in [3.63, 3.8) is 0 Å². The molecule has 0 unspecified atom stereocenters. The Kier molecular flexibility index (Phi) is 10.7. The number of rotatable bonds is 0. The summed E-state index contributed by atoms with van der Waals surface area (Å²) in [6, 6.07) is 18.4. The third kappa shape index (κ3) is 6.74. The van der Waals surface area contributed by atoms with Gasteiger partial charge in [0, 0.05) is 0 Å². The molecule has 2 heteroatoms. The lowest BCUT2D eigenvalue weighted by Gasteiger charge is -2.21. The predicted molar refractivity (Wildman–Crippen MR) is 132 cm³/mol. The second kappa shape index (κ2) is 11.4. The largest absolute Gasteiger partial charge is 0.307 e. The van der Waals surface area contributed by atoms with Gasteiger partial charge in [-0.1, -0.05) is 108 Å². The molecule has 0 aromatic heterocycles. The molecule has 0 fully saturated rings. The zero-order valence-corrected chi connectivity index (χ0v) is 20.7. The first-order valence-electron chi connectivity index (χ1n) is 9.80. The average molecular weight is 445 g/mol. The van der Waals surface area contributed by atoms with E-state index in [0.717, 1.165) is 0 Å². The normalized spacial score (nSPS) is 10.8.